The van der Waals surface area contributed by atoms with Gasteiger partial charge in [-0.1, -0.05) is 0 Å². The van der Waals surface area contributed by atoms with Crippen LogP contribution in [-0.2, 0) is 0 Å². The van der Waals surface area contributed by atoms with Crippen LogP contribution in [0.25, 0.3) is 11.5 Å². The van der Waals surface area contributed by atoms with Gasteiger partial charge in [0.2, 0.25) is 11.7 Å². The van der Waals surface area contributed by atoms with Crippen LogP contribution < -0.4 is 19.6 Å². The molecule has 1 aromatic heterocycles. The molecule has 0 aliphatic carbocycles. The molecule has 0 aliphatic heterocycles. The molecule has 0 unspecified atom stereocenters. The molecule has 8 nitrogen and oxygen atoms in total. The highest BCUT2D eigenvalue weighted by Crippen LogP contribution is 2.23. The summed E-state index contributed by atoms with van der Waals surface area (Å²) in [5, 5.41) is 3.93. The smallest absolute Gasteiger partial charge is 0.308 e. The first-order valence-electron chi connectivity index (χ1n) is 8.29. The molecule has 3 aromatic rings. The van der Waals surface area contributed by atoms with Crippen molar-refractivity contribution in [1.29, 1.82) is 0 Å². The zero-order valence-corrected chi connectivity index (χ0v) is 15.6. The molecule has 0 radical (unpaired) electrons. The van der Waals surface area contributed by atoms with Crippen molar-refractivity contribution in [2.24, 2.45) is 5.10 Å². The Hall–Kier alpha value is -3.81. The lowest BCUT2D eigenvalue weighted by Crippen LogP contribution is -2.16. The predicted octanol–water partition coefficient (Wildman–Crippen LogP) is 3.13. The van der Waals surface area contributed by atoms with Crippen LogP contribution in [0.15, 0.2) is 58.2 Å². The largest absolute Gasteiger partial charge is 0.497 e. The third-order valence-corrected chi connectivity index (χ3v) is 3.82. The summed E-state index contributed by atoms with van der Waals surface area (Å²) in [6.07, 6.45) is 2.82. The maximum Gasteiger partial charge on any atom is 0.308 e. The Morgan fingerprint density at radius 3 is 2.25 bits per heavy atom. The second kappa shape index (κ2) is 8.72. The number of aromatic nitrogens is 1. The SMILES string of the molecule is COc1ccc(-c2ncc(C(=O)N/N=C/c3cc(OC)cc(OC)c3)o2)cc1. The zero-order valence-electron chi connectivity index (χ0n) is 15.6. The van der Waals surface area contributed by atoms with Gasteiger partial charge in [0.25, 0.3) is 0 Å². The molecule has 1 N–H and O–H groups in total. The van der Waals surface area contributed by atoms with E-state index in [1.54, 1.807) is 63.8 Å². The van der Waals surface area contributed by atoms with Gasteiger partial charge in [0.15, 0.2) is 0 Å². The van der Waals surface area contributed by atoms with Crippen LogP contribution in [0, 0.1) is 0 Å². The molecule has 1 heterocycles. The van der Waals surface area contributed by atoms with Gasteiger partial charge in [-0.25, -0.2) is 10.4 Å². The van der Waals surface area contributed by atoms with Crippen LogP contribution in [0.3, 0.4) is 0 Å². The highest BCUT2D eigenvalue weighted by Gasteiger charge is 2.13. The first kappa shape index (κ1) is 19.0. The van der Waals surface area contributed by atoms with Gasteiger partial charge in [0.1, 0.15) is 17.2 Å². The minimum absolute atomic E-state index is 0.0474. The molecule has 0 atom stereocenters. The summed E-state index contributed by atoms with van der Waals surface area (Å²) in [6, 6.07) is 12.4. The van der Waals surface area contributed by atoms with Gasteiger partial charge in [-0.15, -0.1) is 0 Å². The fourth-order valence-electron chi connectivity index (χ4n) is 2.37. The second-order valence-electron chi connectivity index (χ2n) is 5.60. The highest BCUT2D eigenvalue weighted by molar-refractivity contribution is 5.92. The number of hydrazone groups is 1. The van der Waals surface area contributed by atoms with Gasteiger partial charge in [0.05, 0.1) is 33.7 Å². The quantitative estimate of drug-likeness (QED) is 0.499. The number of amides is 1. The molecule has 2 aromatic carbocycles. The Morgan fingerprint density at radius 2 is 1.64 bits per heavy atom. The molecule has 0 fully saturated rings. The Labute approximate surface area is 161 Å². The number of nitrogens with one attached hydrogen (secondary N) is 1. The van der Waals surface area contributed by atoms with E-state index in [0.29, 0.717) is 23.0 Å². The third-order valence-electron chi connectivity index (χ3n) is 3.82. The third kappa shape index (κ3) is 4.47. The van der Waals surface area contributed by atoms with E-state index in [4.69, 9.17) is 18.6 Å². The van der Waals surface area contributed by atoms with E-state index in [-0.39, 0.29) is 5.76 Å². The molecule has 3 rings (SSSR count). The lowest BCUT2D eigenvalue weighted by atomic mass is 10.2. The molecule has 0 saturated carbocycles. The van der Waals surface area contributed by atoms with Crippen LogP contribution in [-0.4, -0.2) is 38.4 Å². The summed E-state index contributed by atoms with van der Waals surface area (Å²) in [5.74, 6) is 1.81. The highest BCUT2D eigenvalue weighted by atomic mass is 16.5. The van der Waals surface area contributed by atoms with E-state index in [1.165, 1.54) is 12.4 Å². The van der Waals surface area contributed by atoms with Gasteiger partial charge in [0, 0.05) is 17.2 Å². The minimum Gasteiger partial charge on any atom is -0.497 e. The summed E-state index contributed by atoms with van der Waals surface area (Å²) in [4.78, 5) is 16.3. The molecule has 0 saturated heterocycles. The van der Waals surface area contributed by atoms with E-state index in [9.17, 15) is 4.79 Å². The van der Waals surface area contributed by atoms with Gasteiger partial charge in [-0.05, 0) is 36.4 Å². The average Bonchev–Trinajstić information content (AvgIpc) is 3.24. The van der Waals surface area contributed by atoms with Crippen LogP contribution in [0.1, 0.15) is 16.1 Å². The normalized spacial score (nSPS) is 10.7. The number of hydrogen-bond donors (Lipinski definition) is 1. The van der Waals surface area contributed by atoms with Crippen molar-refractivity contribution in [3.63, 3.8) is 0 Å². The van der Waals surface area contributed by atoms with Crippen molar-refractivity contribution in [3.05, 3.63) is 60.0 Å². The number of carbonyl (C=O) groups is 1. The van der Waals surface area contributed by atoms with Crippen molar-refractivity contribution in [3.8, 4) is 28.7 Å². The van der Waals surface area contributed by atoms with Crippen LogP contribution in [0.4, 0.5) is 0 Å². The molecule has 0 aliphatic rings. The standard InChI is InChI=1S/C20H19N3O5/c1-25-15-6-4-14(5-7-15)20-21-12-18(28-20)19(24)23-22-11-13-8-16(26-2)10-17(9-13)27-3/h4-12H,1-3H3,(H,23,24)/b22-11+. The van der Waals surface area contributed by atoms with Crippen molar-refractivity contribution in [2.45, 2.75) is 0 Å². The number of oxazole rings is 1. The molecule has 28 heavy (non-hydrogen) atoms. The molecule has 0 bridgehead atoms. The van der Waals surface area contributed by atoms with E-state index >= 15 is 0 Å². The van der Waals surface area contributed by atoms with Gasteiger partial charge >= 0.3 is 5.91 Å². The van der Waals surface area contributed by atoms with E-state index in [2.05, 4.69) is 15.5 Å². The molecule has 8 heteroatoms. The number of methoxy groups -OCH3 is 3. The summed E-state index contributed by atoms with van der Waals surface area (Å²) < 4.78 is 21.0. The Bertz CT molecular complexity index is 958. The Kier molecular flexibility index (Phi) is 5.91. The fourth-order valence-corrected chi connectivity index (χ4v) is 2.37. The first-order chi connectivity index (χ1) is 13.6. The van der Waals surface area contributed by atoms with Gasteiger partial charge in [-0.3, -0.25) is 4.79 Å². The van der Waals surface area contributed by atoms with E-state index in [0.717, 1.165) is 11.3 Å². The zero-order chi connectivity index (χ0) is 19.9. The second-order valence-corrected chi connectivity index (χ2v) is 5.60. The number of rotatable bonds is 7. The molecule has 1 amide bonds. The average molecular weight is 381 g/mol. The van der Waals surface area contributed by atoms with Gasteiger partial charge in [-0.2, -0.15) is 5.10 Å². The van der Waals surface area contributed by atoms with Crippen molar-refractivity contribution in [1.82, 2.24) is 10.4 Å². The van der Waals surface area contributed by atoms with Crippen molar-refractivity contribution < 1.29 is 23.4 Å². The summed E-state index contributed by atoms with van der Waals surface area (Å²) in [6.45, 7) is 0. The molecular weight excluding hydrogens is 362 g/mol. The number of ether oxygens (including phenoxy) is 3. The summed E-state index contributed by atoms with van der Waals surface area (Å²) in [5.41, 5.74) is 3.83. The number of carbonyl (C=O) groups excluding carboxylic acids is 1. The summed E-state index contributed by atoms with van der Waals surface area (Å²) in [7, 11) is 4.70. The Morgan fingerprint density at radius 1 is 1.00 bits per heavy atom. The van der Waals surface area contributed by atoms with Gasteiger partial charge < -0.3 is 18.6 Å². The maximum absolute atomic E-state index is 12.2. The minimum atomic E-state index is -0.515. The number of benzene rings is 2. The molecular formula is C20H19N3O5. The van der Waals surface area contributed by atoms with Crippen LogP contribution >= 0.6 is 0 Å². The number of hydrogen-bond acceptors (Lipinski definition) is 7. The summed E-state index contributed by atoms with van der Waals surface area (Å²) >= 11 is 0. The van der Waals surface area contributed by atoms with E-state index < -0.39 is 5.91 Å². The molecule has 144 valence electrons. The van der Waals surface area contributed by atoms with Crippen molar-refractivity contribution in [2.75, 3.05) is 21.3 Å². The monoisotopic (exact) mass is 381 g/mol. The van der Waals surface area contributed by atoms with E-state index in [1.807, 2.05) is 0 Å². The molecule has 0 spiro atoms. The lowest BCUT2D eigenvalue weighted by Gasteiger charge is -2.05. The fraction of sp³-hybridized carbons (Fsp3) is 0.150. The van der Waals surface area contributed by atoms with Crippen molar-refractivity contribution >= 4 is 12.1 Å². The van der Waals surface area contributed by atoms with Crippen LogP contribution in [0.5, 0.6) is 17.2 Å². The first-order valence-corrected chi connectivity index (χ1v) is 8.29. The lowest BCUT2D eigenvalue weighted by molar-refractivity contribution is 0.0928. The maximum atomic E-state index is 12.2. The van der Waals surface area contributed by atoms with Crippen LogP contribution in [0.2, 0.25) is 0 Å². The predicted molar refractivity (Wildman–Crippen MR) is 103 cm³/mol. The Balaban J connectivity index is 1.67. The topological polar surface area (TPSA) is 95.2 Å². The number of nitrogens with zero attached hydrogens (tertiary/aromatic N) is 2.